The van der Waals surface area contributed by atoms with Crippen molar-refractivity contribution in [2.75, 3.05) is 6.61 Å². The van der Waals surface area contributed by atoms with Crippen LogP contribution in [0.2, 0.25) is 0 Å². The van der Waals surface area contributed by atoms with Gasteiger partial charge in [-0.05, 0) is 6.07 Å². The van der Waals surface area contributed by atoms with Crippen LogP contribution < -0.4 is 33.3 Å². The number of hydrogen-bond donors (Lipinski definition) is 1. The molecule has 1 rings (SSSR count). The van der Waals surface area contributed by atoms with Crippen molar-refractivity contribution in [2.24, 2.45) is 12.2 Å². The fraction of sp³-hybridized carbons (Fsp3) is 0.200. The van der Waals surface area contributed by atoms with Crippen molar-refractivity contribution < 1.29 is 38.5 Å². The van der Waals surface area contributed by atoms with E-state index in [0.29, 0.717) is 5.75 Å². The SMILES string of the molecule is C#CCOc1ccc(C=NO)[n+](C)c1.[I-]. The fourth-order valence-electron chi connectivity index (χ4n) is 0.997. The van der Waals surface area contributed by atoms with Gasteiger partial charge in [0, 0.05) is 6.07 Å². The zero-order valence-electron chi connectivity index (χ0n) is 8.22. The van der Waals surface area contributed by atoms with Gasteiger partial charge in [0.05, 0.1) is 0 Å². The number of aromatic nitrogens is 1. The molecule has 0 fully saturated rings. The second kappa shape index (κ2) is 7.06. The van der Waals surface area contributed by atoms with Crippen molar-refractivity contribution in [1.82, 2.24) is 0 Å². The van der Waals surface area contributed by atoms with Gasteiger partial charge in [-0.3, -0.25) is 0 Å². The molecule has 0 aromatic carbocycles. The lowest BCUT2D eigenvalue weighted by atomic mass is 10.3. The van der Waals surface area contributed by atoms with E-state index in [1.807, 2.05) is 7.05 Å². The Morgan fingerprint density at radius 2 is 2.40 bits per heavy atom. The molecule has 0 atom stereocenters. The third-order valence-electron chi connectivity index (χ3n) is 1.66. The Morgan fingerprint density at radius 3 is 2.93 bits per heavy atom. The molecule has 0 bridgehead atoms. The molecule has 0 radical (unpaired) electrons. The van der Waals surface area contributed by atoms with Crippen LogP contribution in [-0.2, 0) is 7.05 Å². The van der Waals surface area contributed by atoms with Crippen molar-refractivity contribution in [2.45, 2.75) is 0 Å². The van der Waals surface area contributed by atoms with E-state index in [0.717, 1.165) is 5.69 Å². The van der Waals surface area contributed by atoms with Gasteiger partial charge in [-0.15, -0.1) is 6.42 Å². The lowest BCUT2D eigenvalue weighted by Gasteiger charge is -2.00. The van der Waals surface area contributed by atoms with E-state index in [9.17, 15) is 0 Å². The maximum absolute atomic E-state index is 8.35. The van der Waals surface area contributed by atoms with Crippen LogP contribution in [0.1, 0.15) is 5.69 Å². The summed E-state index contributed by atoms with van der Waals surface area (Å²) in [5, 5.41) is 11.3. The summed E-state index contributed by atoms with van der Waals surface area (Å²) in [6.07, 6.45) is 8.15. The summed E-state index contributed by atoms with van der Waals surface area (Å²) in [6, 6.07) is 3.53. The van der Waals surface area contributed by atoms with E-state index in [2.05, 4.69) is 11.1 Å². The number of hydrogen-bond acceptors (Lipinski definition) is 3. The number of terminal acetylenes is 1. The molecule has 1 heterocycles. The standard InChI is InChI=1S/C10H10N2O2.HI/c1-3-6-14-10-5-4-9(7-11-13)12(2)8-10;/h1,4-5,7-8H,6H2,2H3;1H. The number of halogens is 1. The molecule has 5 heteroatoms. The first-order chi connectivity index (χ1) is 6.77. The second-order valence-electron chi connectivity index (χ2n) is 2.64. The molecule has 0 aliphatic rings. The molecule has 0 spiro atoms. The maximum Gasteiger partial charge on any atom is 0.227 e. The zero-order chi connectivity index (χ0) is 10.4. The first-order valence-electron chi connectivity index (χ1n) is 4.01. The smallest absolute Gasteiger partial charge is 0.227 e. The molecule has 0 amide bonds. The van der Waals surface area contributed by atoms with Gasteiger partial charge in [0.1, 0.15) is 19.9 Å². The Morgan fingerprint density at radius 1 is 1.67 bits per heavy atom. The highest BCUT2D eigenvalue weighted by atomic mass is 127. The number of oxime groups is 1. The second-order valence-corrected chi connectivity index (χ2v) is 2.64. The zero-order valence-corrected chi connectivity index (χ0v) is 10.4. The quantitative estimate of drug-likeness (QED) is 0.165. The highest BCUT2D eigenvalue weighted by molar-refractivity contribution is 5.74. The Hall–Kier alpha value is -1.29. The molecule has 0 aliphatic carbocycles. The number of nitrogens with zero attached hydrogens (tertiary/aromatic N) is 2. The maximum atomic E-state index is 8.35. The molecule has 1 aromatic heterocycles. The van der Waals surface area contributed by atoms with Crippen LogP contribution in [0.4, 0.5) is 0 Å². The van der Waals surface area contributed by atoms with Gasteiger partial charge >= 0.3 is 0 Å². The summed E-state index contributed by atoms with van der Waals surface area (Å²) in [6.45, 7) is 0.243. The van der Waals surface area contributed by atoms with Crippen molar-refractivity contribution in [1.29, 1.82) is 0 Å². The van der Waals surface area contributed by atoms with Gasteiger partial charge in [0.25, 0.3) is 0 Å². The van der Waals surface area contributed by atoms with E-state index in [1.54, 1.807) is 22.9 Å². The Bertz CT molecular complexity index is 385. The minimum absolute atomic E-state index is 0. The Kier molecular flexibility index (Phi) is 6.45. The van der Waals surface area contributed by atoms with E-state index in [-0.39, 0.29) is 30.6 Å². The number of pyridine rings is 1. The summed E-state index contributed by atoms with van der Waals surface area (Å²) in [4.78, 5) is 0. The van der Waals surface area contributed by atoms with Crippen molar-refractivity contribution in [3.05, 3.63) is 24.0 Å². The van der Waals surface area contributed by atoms with Crippen LogP contribution in [0.3, 0.4) is 0 Å². The normalized spacial score (nSPS) is 9.33. The molecule has 1 aromatic rings. The predicted octanol–water partition coefficient (Wildman–Crippen LogP) is -2.66. The molecule has 15 heavy (non-hydrogen) atoms. The van der Waals surface area contributed by atoms with Gasteiger partial charge in [0.15, 0.2) is 5.75 Å². The molecular weight excluding hydrogens is 307 g/mol. The van der Waals surface area contributed by atoms with Gasteiger partial charge in [0.2, 0.25) is 11.9 Å². The van der Waals surface area contributed by atoms with E-state index in [4.69, 9.17) is 16.4 Å². The molecule has 4 nitrogen and oxygen atoms in total. The van der Waals surface area contributed by atoms with Crippen LogP contribution in [0.25, 0.3) is 0 Å². The molecule has 0 saturated carbocycles. The first kappa shape index (κ1) is 13.7. The average Bonchev–Trinajstić information content (AvgIpc) is 2.19. The molecular formula is C10H11IN2O2. The van der Waals surface area contributed by atoms with Gasteiger partial charge in [-0.2, -0.15) is 4.57 Å². The van der Waals surface area contributed by atoms with Gasteiger partial charge < -0.3 is 33.9 Å². The summed E-state index contributed by atoms with van der Waals surface area (Å²) in [5.41, 5.74) is 0.764. The Labute approximate surface area is 106 Å². The van der Waals surface area contributed by atoms with Crippen LogP contribution >= 0.6 is 0 Å². The predicted molar refractivity (Wildman–Crippen MR) is 51.3 cm³/mol. The monoisotopic (exact) mass is 318 g/mol. The molecule has 1 N–H and O–H groups in total. The first-order valence-corrected chi connectivity index (χ1v) is 4.01. The minimum atomic E-state index is 0. The van der Waals surface area contributed by atoms with Crippen molar-refractivity contribution in [3.63, 3.8) is 0 Å². The summed E-state index contributed by atoms with van der Waals surface area (Å²) in [7, 11) is 1.82. The number of ether oxygens (including phenoxy) is 1. The number of rotatable bonds is 3. The topological polar surface area (TPSA) is 45.7 Å². The van der Waals surface area contributed by atoms with Crippen LogP contribution in [0, 0.1) is 12.3 Å². The van der Waals surface area contributed by atoms with Crippen LogP contribution in [-0.4, -0.2) is 18.0 Å². The molecule has 0 unspecified atom stereocenters. The molecule has 0 aliphatic heterocycles. The lowest BCUT2D eigenvalue weighted by molar-refractivity contribution is -0.672. The Balaban J connectivity index is 0.00000196. The highest BCUT2D eigenvalue weighted by Gasteiger charge is 2.05. The third-order valence-corrected chi connectivity index (χ3v) is 1.66. The summed E-state index contributed by atoms with van der Waals surface area (Å²) < 4.78 is 6.97. The highest BCUT2D eigenvalue weighted by Crippen LogP contribution is 2.06. The molecule has 0 saturated heterocycles. The van der Waals surface area contributed by atoms with E-state index < -0.39 is 0 Å². The fourth-order valence-corrected chi connectivity index (χ4v) is 0.997. The van der Waals surface area contributed by atoms with Gasteiger partial charge in [-0.1, -0.05) is 11.1 Å². The minimum Gasteiger partial charge on any atom is -1.00 e. The van der Waals surface area contributed by atoms with Crippen molar-refractivity contribution >= 4 is 6.21 Å². The molecule has 80 valence electrons. The summed E-state index contributed by atoms with van der Waals surface area (Å²) in [5.74, 6) is 3.06. The van der Waals surface area contributed by atoms with Crippen LogP contribution in [0.15, 0.2) is 23.5 Å². The van der Waals surface area contributed by atoms with Gasteiger partial charge in [-0.25, -0.2) is 0 Å². The van der Waals surface area contributed by atoms with E-state index >= 15 is 0 Å². The van der Waals surface area contributed by atoms with Crippen LogP contribution in [0.5, 0.6) is 5.75 Å². The van der Waals surface area contributed by atoms with E-state index in [1.165, 1.54) is 6.21 Å². The lowest BCUT2D eigenvalue weighted by Crippen LogP contribution is -3.00. The average molecular weight is 318 g/mol. The number of aryl methyl sites for hydroxylation is 1. The third kappa shape index (κ3) is 4.16. The summed E-state index contributed by atoms with van der Waals surface area (Å²) >= 11 is 0. The van der Waals surface area contributed by atoms with Crippen molar-refractivity contribution in [3.8, 4) is 18.1 Å². The largest absolute Gasteiger partial charge is 1.00 e.